The average Bonchev–Trinajstić information content (AvgIpc) is 2.86. The Morgan fingerprint density at radius 1 is 0.950 bits per heavy atom. The third-order valence-corrected chi connectivity index (χ3v) is 7.02. The van der Waals surface area contributed by atoms with Gasteiger partial charge in [0.15, 0.2) is 16.1 Å². The van der Waals surface area contributed by atoms with Crippen LogP contribution in [0.15, 0.2) is 65.6 Å². The summed E-state index contributed by atoms with van der Waals surface area (Å²) in [5, 5.41) is 0. The number of sulfone groups is 1. The molecule has 3 aromatic carbocycles. The van der Waals surface area contributed by atoms with Crippen molar-refractivity contribution in [3.63, 3.8) is 0 Å². The number of halogens is 7. The smallest absolute Gasteiger partial charge is 0.419 e. The van der Waals surface area contributed by atoms with Gasteiger partial charge >= 0.3 is 6.18 Å². The standard InChI is InChI=1S/C27H24F7NO4S/c1-40(37,38)24-14-22(11-6-19(24)16-36)39-13-3-12-35(17-26(30,31)20-7-9-21(28)10-8-20)15-18-4-2-5-23(25(18)29)27(32,33)34/h2,4-11,14,16H,3,12-13,15,17H2,1H3. The molecule has 0 aliphatic rings. The Labute approximate surface area is 226 Å². The molecule has 3 rings (SSSR count). The molecule has 0 saturated carbocycles. The predicted molar refractivity (Wildman–Crippen MR) is 132 cm³/mol. The molecule has 0 heterocycles. The van der Waals surface area contributed by atoms with E-state index in [9.17, 15) is 35.2 Å². The van der Waals surface area contributed by atoms with Gasteiger partial charge in [-0.25, -0.2) is 17.2 Å². The van der Waals surface area contributed by atoms with Crippen LogP contribution in [0.3, 0.4) is 0 Å². The van der Waals surface area contributed by atoms with Gasteiger partial charge in [-0.2, -0.15) is 22.0 Å². The van der Waals surface area contributed by atoms with Gasteiger partial charge in [-0.15, -0.1) is 0 Å². The molecule has 216 valence electrons. The molecule has 0 atom stereocenters. The summed E-state index contributed by atoms with van der Waals surface area (Å²) in [5.41, 5.74) is -2.60. The molecule has 0 aliphatic carbocycles. The van der Waals surface area contributed by atoms with Crippen molar-refractivity contribution in [3.8, 4) is 5.75 Å². The van der Waals surface area contributed by atoms with E-state index in [1.54, 1.807) is 0 Å². The van der Waals surface area contributed by atoms with Crippen molar-refractivity contribution in [1.82, 2.24) is 4.90 Å². The Morgan fingerprint density at radius 3 is 2.23 bits per heavy atom. The lowest BCUT2D eigenvalue weighted by molar-refractivity contribution is -0.140. The molecule has 0 N–H and O–H groups in total. The topological polar surface area (TPSA) is 63.7 Å². The van der Waals surface area contributed by atoms with Crippen molar-refractivity contribution in [2.24, 2.45) is 0 Å². The van der Waals surface area contributed by atoms with E-state index < -0.39 is 63.4 Å². The van der Waals surface area contributed by atoms with E-state index in [-0.39, 0.29) is 35.8 Å². The van der Waals surface area contributed by atoms with Crippen LogP contribution in [0.25, 0.3) is 0 Å². The van der Waals surface area contributed by atoms with E-state index in [1.807, 2.05) is 0 Å². The summed E-state index contributed by atoms with van der Waals surface area (Å²) in [4.78, 5) is 11.9. The molecule has 5 nitrogen and oxygen atoms in total. The zero-order valence-electron chi connectivity index (χ0n) is 21.0. The van der Waals surface area contributed by atoms with Crippen molar-refractivity contribution in [1.29, 1.82) is 0 Å². The number of hydrogen-bond donors (Lipinski definition) is 0. The Morgan fingerprint density at radius 2 is 1.62 bits per heavy atom. The van der Waals surface area contributed by atoms with Crippen LogP contribution >= 0.6 is 0 Å². The molecule has 0 aliphatic heterocycles. The first-order valence-corrected chi connectivity index (χ1v) is 13.6. The van der Waals surface area contributed by atoms with E-state index in [4.69, 9.17) is 4.74 Å². The lowest BCUT2D eigenvalue weighted by Gasteiger charge is -2.28. The Bertz CT molecular complexity index is 1440. The fraction of sp³-hybridized carbons (Fsp3) is 0.296. The van der Waals surface area contributed by atoms with E-state index in [1.165, 1.54) is 12.1 Å². The first-order valence-electron chi connectivity index (χ1n) is 11.7. The number of alkyl halides is 5. The summed E-state index contributed by atoms with van der Waals surface area (Å²) in [5.74, 6) is -5.80. The second-order valence-corrected chi connectivity index (χ2v) is 11.0. The monoisotopic (exact) mass is 591 g/mol. The predicted octanol–water partition coefficient (Wildman–Crippen LogP) is 6.26. The molecule has 0 bridgehead atoms. The third-order valence-electron chi connectivity index (χ3n) is 5.87. The maximum atomic E-state index is 15.1. The molecule has 0 amide bonds. The minimum absolute atomic E-state index is 0.0315. The summed E-state index contributed by atoms with van der Waals surface area (Å²) >= 11 is 0. The molecule has 0 aromatic heterocycles. The molecule has 0 unspecified atom stereocenters. The zero-order chi connectivity index (χ0) is 29.7. The van der Waals surface area contributed by atoms with Crippen LogP contribution in [0.4, 0.5) is 30.7 Å². The number of carbonyl (C=O) groups is 1. The quantitative estimate of drug-likeness (QED) is 0.141. The van der Waals surface area contributed by atoms with Crippen LogP contribution in [0.2, 0.25) is 0 Å². The fourth-order valence-corrected chi connectivity index (χ4v) is 4.82. The Kier molecular flexibility index (Phi) is 9.62. The minimum Gasteiger partial charge on any atom is -0.494 e. The number of ether oxygens (including phenoxy) is 1. The lowest BCUT2D eigenvalue weighted by atomic mass is 10.1. The van der Waals surface area contributed by atoms with E-state index in [0.29, 0.717) is 12.4 Å². The van der Waals surface area contributed by atoms with Gasteiger partial charge in [0.05, 0.1) is 23.6 Å². The van der Waals surface area contributed by atoms with Crippen LogP contribution in [0.5, 0.6) is 5.75 Å². The van der Waals surface area contributed by atoms with Crippen molar-refractivity contribution in [2.45, 2.75) is 30.0 Å². The first-order chi connectivity index (χ1) is 18.6. The largest absolute Gasteiger partial charge is 0.494 e. The van der Waals surface area contributed by atoms with Crippen molar-refractivity contribution >= 4 is 16.1 Å². The SMILES string of the molecule is CS(=O)(=O)c1cc(OCCCN(Cc2cccc(C(F)(F)F)c2F)CC(F)(F)c2ccc(F)cc2)ccc1C=O. The summed E-state index contributed by atoms with van der Waals surface area (Å²) in [6.07, 6.45) is -3.68. The van der Waals surface area contributed by atoms with E-state index in [0.717, 1.165) is 53.6 Å². The molecule has 3 aromatic rings. The molecular weight excluding hydrogens is 567 g/mol. The first kappa shape index (κ1) is 31.1. The molecule has 40 heavy (non-hydrogen) atoms. The molecule has 0 saturated heterocycles. The number of benzene rings is 3. The third kappa shape index (κ3) is 8.04. The van der Waals surface area contributed by atoms with Crippen LogP contribution in [0.1, 0.15) is 33.5 Å². The van der Waals surface area contributed by atoms with Gasteiger partial charge in [-0.05, 0) is 42.8 Å². The Hall–Kier alpha value is -3.45. The summed E-state index contributed by atoms with van der Waals surface area (Å²) < 4.78 is 127. The van der Waals surface area contributed by atoms with Gasteiger partial charge in [0.1, 0.15) is 17.4 Å². The molecule has 13 heteroatoms. The van der Waals surface area contributed by atoms with Crippen molar-refractivity contribution in [3.05, 3.63) is 94.6 Å². The second kappa shape index (κ2) is 12.4. The number of carbonyl (C=O) groups excluding carboxylic acids is 1. The average molecular weight is 592 g/mol. The highest BCUT2D eigenvalue weighted by atomic mass is 32.2. The minimum atomic E-state index is -4.99. The van der Waals surface area contributed by atoms with Gasteiger partial charge < -0.3 is 4.74 Å². The highest BCUT2D eigenvalue weighted by Gasteiger charge is 2.37. The normalized spacial score (nSPS) is 12.5. The number of aldehydes is 1. The molecule has 0 fully saturated rings. The highest BCUT2D eigenvalue weighted by molar-refractivity contribution is 7.90. The summed E-state index contributed by atoms with van der Waals surface area (Å²) in [7, 11) is -3.76. The molecule has 0 radical (unpaired) electrons. The van der Waals surface area contributed by atoms with Gasteiger partial charge in [0, 0.05) is 36.0 Å². The van der Waals surface area contributed by atoms with Gasteiger partial charge in [-0.1, -0.05) is 24.3 Å². The fourth-order valence-electron chi connectivity index (χ4n) is 3.94. The lowest BCUT2D eigenvalue weighted by Crippen LogP contribution is -2.36. The van der Waals surface area contributed by atoms with Crippen molar-refractivity contribution in [2.75, 3.05) is 26.0 Å². The Balaban J connectivity index is 1.79. The summed E-state index contributed by atoms with van der Waals surface area (Å²) in [6.45, 7) is -1.94. The van der Waals surface area contributed by atoms with Crippen molar-refractivity contribution < 1.29 is 48.7 Å². The van der Waals surface area contributed by atoms with Gasteiger partial charge in [-0.3, -0.25) is 9.69 Å². The maximum absolute atomic E-state index is 15.1. The number of rotatable bonds is 12. The van der Waals surface area contributed by atoms with E-state index in [2.05, 4.69) is 0 Å². The van der Waals surface area contributed by atoms with Gasteiger partial charge in [0.25, 0.3) is 5.92 Å². The highest BCUT2D eigenvalue weighted by Crippen LogP contribution is 2.34. The molecule has 0 spiro atoms. The van der Waals surface area contributed by atoms with Crippen LogP contribution in [-0.4, -0.2) is 45.6 Å². The molecular formula is C27H24F7NO4S. The van der Waals surface area contributed by atoms with Crippen LogP contribution in [0, 0.1) is 11.6 Å². The van der Waals surface area contributed by atoms with Crippen LogP contribution < -0.4 is 4.74 Å². The number of nitrogens with zero attached hydrogens (tertiary/aromatic N) is 1. The summed E-state index contributed by atoms with van der Waals surface area (Å²) in [6, 6.07) is 9.75. The van der Waals surface area contributed by atoms with Gasteiger partial charge in [0.2, 0.25) is 0 Å². The number of hydrogen-bond acceptors (Lipinski definition) is 5. The van der Waals surface area contributed by atoms with E-state index >= 15 is 8.78 Å². The van der Waals surface area contributed by atoms with Crippen LogP contribution in [-0.2, 0) is 28.5 Å². The second-order valence-electron chi connectivity index (χ2n) is 8.99. The maximum Gasteiger partial charge on any atom is 0.419 e. The zero-order valence-corrected chi connectivity index (χ0v) is 21.8.